The molecule has 1 fully saturated rings. The predicted molar refractivity (Wildman–Crippen MR) is 41.2 cm³/mol. The summed E-state index contributed by atoms with van der Waals surface area (Å²) in [7, 11) is 1.99. The zero-order chi connectivity index (χ0) is 7.68. The molecule has 4 nitrogen and oxygen atoms in total. The molecule has 1 N–H and O–H groups in total. The Morgan fingerprint density at radius 3 is 3.18 bits per heavy atom. The van der Waals surface area contributed by atoms with Gasteiger partial charge in [0.25, 0.3) is 0 Å². The predicted octanol–water partition coefficient (Wildman–Crippen LogP) is -0.108. The minimum atomic E-state index is 0.572. The van der Waals surface area contributed by atoms with Crippen molar-refractivity contribution >= 4 is 0 Å². The lowest BCUT2D eigenvalue weighted by Crippen LogP contribution is -2.10. The van der Waals surface area contributed by atoms with Crippen LogP contribution >= 0.6 is 0 Å². The molecule has 0 amide bonds. The fourth-order valence-corrected chi connectivity index (χ4v) is 1.54. The fraction of sp³-hybridized carbons (Fsp3) is 0.714. The van der Waals surface area contributed by atoms with Crippen LogP contribution in [0.15, 0.2) is 6.33 Å². The van der Waals surface area contributed by atoms with E-state index in [0.29, 0.717) is 5.92 Å². The first-order valence-corrected chi connectivity index (χ1v) is 3.92. The van der Waals surface area contributed by atoms with Gasteiger partial charge in [-0.15, -0.1) is 10.2 Å². The first-order valence-electron chi connectivity index (χ1n) is 3.92. The lowest BCUT2D eigenvalue weighted by Gasteiger charge is -2.05. The van der Waals surface area contributed by atoms with E-state index in [-0.39, 0.29) is 0 Å². The number of hydrogen-bond donors (Lipinski definition) is 1. The van der Waals surface area contributed by atoms with Crippen LogP contribution in [-0.2, 0) is 7.05 Å². The Morgan fingerprint density at radius 2 is 2.64 bits per heavy atom. The second-order valence-electron chi connectivity index (χ2n) is 2.99. The van der Waals surface area contributed by atoms with E-state index in [1.54, 1.807) is 6.33 Å². The average molecular weight is 152 g/mol. The normalized spacial score (nSPS) is 24.3. The van der Waals surface area contributed by atoms with Gasteiger partial charge in [-0.3, -0.25) is 0 Å². The molecular formula is C7H12N4. The summed E-state index contributed by atoms with van der Waals surface area (Å²) in [6, 6.07) is 0. The van der Waals surface area contributed by atoms with E-state index < -0.39 is 0 Å². The SMILES string of the molecule is Cn1cnnc1[C@H]1CCNC1. The molecule has 0 radical (unpaired) electrons. The van der Waals surface area contributed by atoms with Crippen LogP contribution in [0.25, 0.3) is 0 Å². The summed E-state index contributed by atoms with van der Waals surface area (Å²) in [5.41, 5.74) is 0. The molecule has 4 heteroatoms. The highest BCUT2D eigenvalue weighted by Crippen LogP contribution is 2.18. The molecule has 1 aromatic heterocycles. The summed E-state index contributed by atoms with van der Waals surface area (Å²) in [5, 5.41) is 11.2. The van der Waals surface area contributed by atoms with Gasteiger partial charge in [-0.25, -0.2) is 0 Å². The maximum Gasteiger partial charge on any atom is 0.136 e. The Labute approximate surface area is 65.6 Å². The second-order valence-corrected chi connectivity index (χ2v) is 2.99. The molecule has 0 aromatic carbocycles. The van der Waals surface area contributed by atoms with E-state index in [9.17, 15) is 0 Å². The lowest BCUT2D eigenvalue weighted by atomic mass is 10.1. The van der Waals surface area contributed by atoms with Crippen molar-refractivity contribution in [2.24, 2.45) is 7.05 Å². The zero-order valence-electron chi connectivity index (χ0n) is 6.62. The van der Waals surface area contributed by atoms with Crippen LogP contribution in [-0.4, -0.2) is 27.9 Å². The van der Waals surface area contributed by atoms with Gasteiger partial charge in [0.15, 0.2) is 0 Å². The molecule has 11 heavy (non-hydrogen) atoms. The third kappa shape index (κ3) is 1.14. The van der Waals surface area contributed by atoms with E-state index in [1.165, 1.54) is 6.42 Å². The first-order chi connectivity index (χ1) is 5.38. The number of rotatable bonds is 1. The molecule has 1 aliphatic heterocycles. The number of nitrogens with zero attached hydrogens (tertiary/aromatic N) is 3. The summed E-state index contributed by atoms with van der Waals surface area (Å²) in [6.07, 6.45) is 2.94. The van der Waals surface area contributed by atoms with Crippen LogP contribution in [0.3, 0.4) is 0 Å². The summed E-state index contributed by atoms with van der Waals surface area (Å²) in [4.78, 5) is 0. The monoisotopic (exact) mass is 152 g/mol. The van der Waals surface area contributed by atoms with Crippen molar-refractivity contribution in [2.75, 3.05) is 13.1 Å². The molecule has 1 atom stereocenters. The number of aromatic nitrogens is 3. The number of hydrogen-bond acceptors (Lipinski definition) is 3. The first kappa shape index (κ1) is 6.79. The standard InChI is InChI=1S/C7H12N4/c1-11-5-9-10-7(11)6-2-3-8-4-6/h5-6,8H,2-4H2,1H3/t6-/m0/s1. The van der Waals surface area contributed by atoms with Crippen molar-refractivity contribution in [1.82, 2.24) is 20.1 Å². The van der Waals surface area contributed by atoms with Crippen LogP contribution in [0.4, 0.5) is 0 Å². The Hall–Kier alpha value is -0.900. The van der Waals surface area contributed by atoms with Gasteiger partial charge in [0.05, 0.1) is 0 Å². The highest BCUT2D eigenvalue weighted by atomic mass is 15.3. The molecule has 0 aliphatic carbocycles. The van der Waals surface area contributed by atoms with Gasteiger partial charge in [-0.1, -0.05) is 0 Å². The van der Waals surface area contributed by atoms with Crippen LogP contribution in [0.5, 0.6) is 0 Å². The van der Waals surface area contributed by atoms with Crippen LogP contribution in [0, 0.1) is 0 Å². The van der Waals surface area contributed by atoms with Gasteiger partial charge in [0.1, 0.15) is 12.2 Å². The van der Waals surface area contributed by atoms with E-state index in [4.69, 9.17) is 0 Å². The van der Waals surface area contributed by atoms with Crippen molar-refractivity contribution in [3.05, 3.63) is 12.2 Å². The molecule has 1 aliphatic rings. The van der Waals surface area contributed by atoms with Crippen LogP contribution < -0.4 is 5.32 Å². The summed E-state index contributed by atoms with van der Waals surface area (Å²) in [5.74, 6) is 1.68. The third-order valence-corrected chi connectivity index (χ3v) is 2.17. The molecule has 2 heterocycles. The van der Waals surface area contributed by atoms with Gasteiger partial charge in [0, 0.05) is 19.5 Å². The molecule has 0 bridgehead atoms. The second kappa shape index (κ2) is 2.62. The number of nitrogens with one attached hydrogen (secondary N) is 1. The molecular weight excluding hydrogens is 140 g/mol. The minimum absolute atomic E-state index is 0.572. The maximum atomic E-state index is 4.07. The van der Waals surface area contributed by atoms with Crippen molar-refractivity contribution in [3.63, 3.8) is 0 Å². The molecule has 1 aromatic rings. The highest BCUT2D eigenvalue weighted by molar-refractivity contribution is 4.99. The van der Waals surface area contributed by atoms with Gasteiger partial charge >= 0.3 is 0 Å². The average Bonchev–Trinajstić information content (AvgIpc) is 2.55. The molecule has 2 rings (SSSR count). The quantitative estimate of drug-likeness (QED) is 0.610. The molecule has 1 saturated heterocycles. The van der Waals surface area contributed by atoms with E-state index in [2.05, 4.69) is 15.5 Å². The fourth-order valence-electron chi connectivity index (χ4n) is 1.54. The Balaban J connectivity index is 2.21. The number of aryl methyl sites for hydroxylation is 1. The summed E-state index contributed by atoms with van der Waals surface area (Å²) in [6.45, 7) is 2.16. The van der Waals surface area contributed by atoms with Gasteiger partial charge < -0.3 is 9.88 Å². The third-order valence-electron chi connectivity index (χ3n) is 2.17. The van der Waals surface area contributed by atoms with E-state index in [0.717, 1.165) is 18.9 Å². The molecule has 0 spiro atoms. The summed E-state index contributed by atoms with van der Waals surface area (Å²) >= 11 is 0. The highest BCUT2D eigenvalue weighted by Gasteiger charge is 2.20. The van der Waals surface area contributed by atoms with E-state index in [1.807, 2.05) is 11.6 Å². The topological polar surface area (TPSA) is 42.7 Å². The molecule has 0 unspecified atom stereocenters. The smallest absolute Gasteiger partial charge is 0.136 e. The maximum absolute atomic E-state index is 4.07. The Kier molecular flexibility index (Phi) is 1.62. The zero-order valence-corrected chi connectivity index (χ0v) is 6.62. The van der Waals surface area contributed by atoms with Gasteiger partial charge in [-0.2, -0.15) is 0 Å². The molecule has 60 valence electrons. The van der Waals surface area contributed by atoms with Crippen LogP contribution in [0.1, 0.15) is 18.2 Å². The van der Waals surface area contributed by atoms with Crippen molar-refractivity contribution < 1.29 is 0 Å². The van der Waals surface area contributed by atoms with Crippen molar-refractivity contribution in [1.29, 1.82) is 0 Å². The van der Waals surface area contributed by atoms with Gasteiger partial charge in [0.2, 0.25) is 0 Å². The Bertz CT molecular complexity index is 236. The lowest BCUT2D eigenvalue weighted by molar-refractivity contribution is 0.657. The minimum Gasteiger partial charge on any atom is -0.320 e. The largest absolute Gasteiger partial charge is 0.320 e. The van der Waals surface area contributed by atoms with Crippen molar-refractivity contribution in [2.45, 2.75) is 12.3 Å². The van der Waals surface area contributed by atoms with Crippen LogP contribution in [0.2, 0.25) is 0 Å². The van der Waals surface area contributed by atoms with Gasteiger partial charge in [-0.05, 0) is 13.0 Å². The Morgan fingerprint density at radius 1 is 1.73 bits per heavy atom. The molecule has 0 saturated carbocycles. The summed E-state index contributed by atoms with van der Waals surface area (Å²) < 4.78 is 2.00. The van der Waals surface area contributed by atoms with E-state index >= 15 is 0 Å². The van der Waals surface area contributed by atoms with Crippen molar-refractivity contribution in [3.8, 4) is 0 Å².